The van der Waals surface area contributed by atoms with E-state index in [1.54, 1.807) is 6.42 Å². The fourth-order valence-corrected chi connectivity index (χ4v) is 8.51. The summed E-state index contributed by atoms with van der Waals surface area (Å²) < 4.78 is 6.70. The summed E-state index contributed by atoms with van der Waals surface area (Å²) in [5.74, 6) is 7.98. The van der Waals surface area contributed by atoms with Gasteiger partial charge in [-0.25, -0.2) is 0 Å². The summed E-state index contributed by atoms with van der Waals surface area (Å²) in [7, 11) is 0. The second-order valence-electron chi connectivity index (χ2n) is 8.82. The third kappa shape index (κ3) is 0.981. The maximum atomic E-state index is 6.70. The molecule has 2 heteroatoms. The van der Waals surface area contributed by atoms with Crippen molar-refractivity contribution in [3.8, 4) is 0 Å². The van der Waals surface area contributed by atoms with Gasteiger partial charge in [-0.15, -0.1) is 0 Å². The molecular weight excluding hydrogens is 270 g/mol. The molecule has 2 saturated heterocycles. The Morgan fingerprint density at radius 2 is 1.91 bits per heavy atom. The van der Waals surface area contributed by atoms with Crippen molar-refractivity contribution >= 4 is 0 Å². The molecule has 0 unspecified atom stereocenters. The Balaban J connectivity index is 1.10. The van der Waals surface area contributed by atoms with E-state index >= 15 is 0 Å². The van der Waals surface area contributed by atoms with Gasteiger partial charge in [0.15, 0.2) is 0 Å². The zero-order chi connectivity index (χ0) is 14.1. The third-order valence-electron chi connectivity index (χ3n) is 8.59. The minimum atomic E-state index is 0.133. The average Bonchev–Trinajstić information content (AvgIpc) is 3.18. The Kier molecular flexibility index (Phi) is 1.83. The molecule has 114 valence electrons. The lowest BCUT2D eigenvalue weighted by atomic mass is 9.59. The van der Waals surface area contributed by atoms with Gasteiger partial charge < -0.3 is 4.74 Å². The molecule has 2 nitrogen and oxygen atoms in total. The summed E-state index contributed by atoms with van der Waals surface area (Å²) in [5.41, 5.74) is 1.60. The van der Waals surface area contributed by atoms with E-state index in [4.69, 9.17) is 4.74 Å². The second kappa shape index (κ2) is 3.47. The van der Waals surface area contributed by atoms with Gasteiger partial charge in [0, 0.05) is 11.8 Å². The van der Waals surface area contributed by atoms with E-state index in [2.05, 4.69) is 35.6 Å². The number of ether oxygens (including phenoxy) is 1. The van der Waals surface area contributed by atoms with Crippen LogP contribution in [0.15, 0.2) is 30.3 Å². The largest absolute Gasteiger partial charge is 0.356 e. The van der Waals surface area contributed by atoms with Gasteiger partial charge in [0.05, 0.1) is 6.10 Å². The summed E-state index contributed by atoms with van der Waals surface area (Å²) >= 11 is 0. The molecule has 2 aliphatic heterocycles. The lowest BCUT2D eigenvalue weighted by Crippen LogP contribution is -2.56. The van der Waals surface area contributed by atoms with Crippen LogP contribution in [0.3, 0.4) is 0 Å². The van der Waals surface area contributed by atoms with E-state index in [0.29, 0.717) is 6.10 Å². The first-order valence-corrected chi connectivity index (χ1v) is 9.37. The molecule has 0 spiro atoms. The van der Waals surface area contributed by atoms with Crippen molar-refractivity contribution in [2.24, 2.45) is 47.3 Å². The monoisotopic (exact) mass is 293 g/mol. The van der Waals surface area contributed by atoms with Crippen LogP contribution in [0.25, 0.3) is 0 Å². The Morgan fingerprint density at radius 3 is 2.82 bits per heavy atom. The molecule has 7 fully saturated rings. The summed E-state index contributed by atoms with van der Waals surface area (Å²) in [4.78, 5) is 0. The van der Waals surface area contributed by atoms with E-state index in [0.717, 1.165) is 53.9 Å². The molecule has 0 amide bonds. The first kappa shape index (κ1) is 11.6. The standard InChI is InChI=1S/C20H23NO/c1-2-5-10(6-3-1)7-4-8-21-20-17-12-9-11-13-14(12)18(20)16(13)19(22-20)15(11)17/h1-3,5-6,11-19,21H,4,7-9H2/t11-,12+,13-,14+,15-,16-,17-,18-,19-,20+/m1/s1. The van der Waals surface area contributed by atoms with Crippen LogP contribution in [-0.2, 0) is 11.2 Å². The summed E-state index contributed by atoms with van der Waals surface area (Å²) in [5, 5.41) is 3.97. The number of benzene rings is 1. The van der Waals surface area contributed by atoms with E-state index in [1.807, 2.05) is 0 Å². The lowest BCUT2D eigenvalue weighted by molar-refractivity contribution is -0.0574. The molecule has 10 atom stereocenters. The molecule has 2 heterocycles. The highest BCUT2D eigenvalue weighted by Crippen LogP contribution is 2.89. The fourth-order valence-electron chi connectivity index (χ4n) is 8.51. The van der Waals surface area contributed by atoms with Gasteiger partial charge in [-0.05, 0) is 66.9 Å². The number of rotatable bonds is 5. The average molecular weight is 293 g/mol. The first-order valence-electron chi connectivity index (χ1n) is 9.37. The number of hydrogen-bond donors (Lipinski definition) is 1. The third-order valence-corrected chi connectivity index (χ3v) is 8.59. The molecule has 5 aliphatic carbocycles. The van der Waals surface area contributed by atoms with Crippen LogP contribution in [0, 0.1) is 47.3 Å². The van der Waals surface area contributed by atoms with Crippen molar-refractivity contribution < 1.29 is 4.74 Å². The SMILES string of the molecule is c1ccc(CCCN[C@@]23O[C@H]4[C@@H]5[C@@H]6[C@H]7C[C@@H]([C@@H]6[C@H]52)[C@@H]3[C@@H]74)cc1. The van der Waals surface area contributed by atoms with E-state index < -0.39 is 0 Å². The number of nitrogens with one attached hydrogen (secondary N) is 1. The molecule has 1 aromatic carbocycles. The Morgan fingerprint density at radius 1 is 1.00 bits per heavy atom. The van der Waals surface area contributed by atoms with Gasteiger partial charge in [0.2, 0.25) is 0 Å². The van der Waals surface area contributed by atoms with Crippen molar-refractivity contribution in [3.63, 3.8) is 0 Å². The Labute approximate surface area is 131 Å². The smallest absolute Gasteiger partial charge is 0.126 e. The predicted molar refractivity (Wildman–Crippen MR) is 82.9 cm³/mol. The molecule has 5 saturated carbocycles. The van der Waals surface area contributed by atoms with Crippen LogP contribution in [0.2, 0.25) is 0 Å². The van der Waals surface area contributed by atoms with Gasteiger partial charge in [0.1, 0.15) is 5.72 Å². The molecular formula is C20H23NO. The topological polar surface area (TPSA) is 21.3 Å². The summed E-state index contributed by atoms with van der Waals surface area (Å²) in [6.45, 7) is 1.13. The van der Waals surface area contributed by atoms with Crippen molar-refractivity contribution in [1.82, 2.24) is 5.32 Å². The molecule has 1 aromatic rings. The van der Waals surface area contributed by atoms with Crippen molar-refractivity contribution in [3.05, 3.63) is 35.9 Å². The lowest BCUT2D eigenvalue weighted by Gasteiger charge is -2.46. The van der Waals surface area contributed by atoms with Crippen LogP contribution in [0.1, 0.15) is 18.4 Å². The molecule has 0 radical (unpaired) electrons. The van der Waals surface area contributed by atoms with Crippen LogP contribution in [-0.4, -0.2) is 18.4 Å². The van der Waals surface area contributed by atoms with E-state index in [9.17, 15) is 0 Å². The maximum absolute atomic E-state index is 6.70. The Hall–Kier alpha value is -0.860. The first-order chi connectivity index (χ1) is 10.9. The van der Waals surface area contributed by atoms with Crippen LogP contribution < -0.4 is 5.32 Å². The number of aryl methyl sites for hydroxylation is 1. The molecule has 22 heavy (non-hydrogen) atoms. The molecule has 0 aromatic heterocycles. The molecule has 1 N–H and O–H groups in total. The van der Waals surface area contributed by atoms with Gasteiger partial charge in [0.25, 0.3) is 0 Å². The molecule has 4 bridgehead atoms. The highest BCUT2D eigenvalue weighted by atomic mass is 16.5. The number of hydrogen-bond acceptors (Lipinski definition) is 2. The highest BCUT2D eigenvalue weighted by molar-refractivity contribution is 5.38. The van der Waals surface area contributed by atoms with E-state index in [1.165, 1.54) is 18.4 Å². The van der Waals surface area contributed by atoms with Gasteiger partial charge >= 0.3 is 0 Å². The van der Waals surface area contributed by atoms with Crippen LogP contribution in [0.4, 0.5) is 0 Å². The highest BCUT2D eigenvalue weighted by Gasteiger charge is 2.92. The zero-order valence-electron chi connectivity index (χ0n) is 12.8. The van der Waals surface area contributed by atoms with Crippen molar-refractivity contribution in [2.75, 3.05) is 6.54 Å². The van der Waals surface area contributed by atoms with E-state index in [-0.39, 0.29) is 5.72 Å². The minimum absolute atomic E-state index is 0.133. The van der Waals surface area contributed by atoms with Crippen molar-refractivity contribution in [2.45, 2.75) is 31.1 Å². The molecule has 8 rings (SSSR count). The summed E-state index contributed by atoms with van der Waals surface area (Å²) in [6.07, 6.45) is 4.64. The normalized spacial score (nSPS) is 59.9. The van der Waals surface area contributed by atoms with Crippen molar-refractivity contribution in [1.29, 1.82) is 0 Å². The van der Waals surface area contributed by atoms with Crippen LogP contribution >= 0.6 is 0 Å². The Bertz CT molecular complexity index is 649. The predicted octanol–water partition coefficient (Wildman–Crippen LogP) is 2.69. The van der Waals surface area contributed by atoms with Gasteiger partial charge in [-0.3, -0.25) is 5.32 Å². The molecule has 7 aliphatic rings. The van der Waals surface area contributed by atoms with Gasteiger partial charge in [-0.1, -0.05) is 30.3 Å². The maximum Gasteiger partial charge on any atom is 0.126 e. The second-order valence-corrected chi connectivity index (χ2v) is 8.82. The fraction of sp³-hybridized carbons (Fsp3) is 0.700. The zero-order valence-corrected chi connectivity index (χ0v) is 12.8. The summed E-state index contributed by atoms with van der Waals surface area (Å²) in [6, 6.07) is 10.9. The van der Waals surface area contributed by atoms with Gasteiger partial charge in [-0.2, -0.15) is 0 Å². The van der Waals surface area contributed by atoms with Crippen LogP contribution in [0.5, 0.6) is 0 Å². The quantitative estimate of drug-likeness (QED) is 0.843. The minimum Gasteiger partial charge on any atom is -0.356 e.